The summed E-state index contributed by atoms with van der Waals surface area (Å²) in [5, 5.41) is 1.99. The molecule has 230 valence electrons. The Kier molecular flexibility index (Phi) is 7.14. The van der Waals surface area contributed by atoms with Crippen molar-refractivity contribution < 1.29 is 31.8 Å². The van der Waals surface area contributed by atoms with Crippen molar-refractivity contribution in [3.8, 4) is 5.75 Å². The molecule has 4 aliphatic carbocycles. The van der Waals surface area contributed by atoms with Gasteiger partial charge in [0.1, 0.15) is 17.2 Å². The van der Waals surface area contributed by atoms with Gasteiger partial charge in [0.2, 0.25) is 0 Å². The topological polar surface area (TPSA) is 118 Å². The minimum Gasteiger partial charge on any atom is -0.379 e. The molecule has 5 aliphatic rings. The van der Waals surface area contributed by atoms with Gasteiger partial charge >= 0.3 is 10.1 Å². The summed E-state index contributed by atoms with van der Waals surface area (Å²) < 4.78 is 30.6. The Balaban J connectivity index is 1.16. The first kappa shape index (κ1) is 29.7. The fraction of sp³-hybridized carbons (Fsp3) is 0.273. The molecular weight excluding hydrogens is 639 g/mol. The van der Waals surface area contributed by atoms with E-state index < -0.39 is 52.0 Å². The van der Waals surface area contributed by atoms with E-state index in [1.807, 2.05) is 19.1 Å². The summed E-state index contributed by atoms with van der Waals surface area (Å²) in [6.07, 6.45) is 5.01. The molecule has 1 aliphatic heterocycles. The zero-order valence-corrected chi connectivity index (χ0v) is 26.1. The van der Waals surface area contributed by atoms with Crippen LogP contribution < -0.4 is 4.18 Å². The van der Waals surface area contributed by atoms with Gasteiger partial charge in [-0.3, -0.25) is 19.2 Å². The van der Waals surface area contributed by atoms with Crippen molar-refractivity contribution in [2.75, 3.05) is 6.54 Å². The summed E-state index contributed by atoms with van der Waals surface area (Å²) >= 11 is 12.4. The summed E-state index contributed by atoms with van der Waals surface area (Å²) in [4.78, 5) is 55.3. The molecule has 0 radical (unpaired) electrons. The lowest BCUT2D eigenvalue weighted by Crippen LogP contribution is -2.52. The number of hydrogen-bond donors (Lipinski definition) is 0. The number of carbonyl (C=O) groups excluding carboxylic acids is 4. The number of Topliss-reactive ketones (excluding diaryl/α,β-unsaturated/α-hetero) is 1. The number of nitrogens with zero attached hydrogens (tertiary/aromatic N) is 2. The number of amides is 3. The highest BCUT2D eigenvalue weighted by Gasteiger charge is 2.68. The van der Waals surface area contributed by atoms with E-state index in [2.05, 4.69) is 0 Å². The molecule has 0 spiro atoms. The van der Waals surface area contributed by atoms with Gasteiger partial charge in [0.25, 0.3) is 17.7 Å². The van der Waals surface area contributed by atoms with Gasteiger partial charge < -0.3 is 4.18 Å². The third kappa shape index (κ3) is 5.05. The zero-order chi connectivity index (χ0) is 31.8. The van der Waals surface area contributed by atoms with Crippen LogP contribution in [0.1, 0.15) is 32.7 Å². The number of carbonyl (C=O) groups is 4. The van der Waals surface area contributed by atoms with Crippen molar-refractivity contribution in [3.05, 3.63) is 106 Å². The van der Waals surface area contributed by atoms with Crippen LogP contribution in [0.5, 0.6) is 5.75 Å². The third-order valence-electron chi connectivity index (χ3n) is 9.26. The summed E-state index contributed by atoms with van der Waals surface area (Å²) in [5.41, 5.74) is 0.965. The van der Waals surface area contributed by atoms with Gasteiger partial charge in [0.15, 0.2) is 5.78 Å². The van der Waals surface area contributed by atoms with E-state index in [0.29, 0.717) is 11.8 Å². The summed E-state index contributed by atoms with van der Waals surface area (Å²) in [6.45, 7) is 1.18. The Bertz CT molecular complexity index is 1870. The van der Waals surface area contributed by atoms with E-state index in [0.717, 1.165) is 22.0 Å². The van der Waals surface area contributed by atoms with E-state index in [1.54, 1.807) is 12.1 Å². The Morgan fingerprint density at radius 3 is 2.07 bits per heavy atom. The van der Waals surface area contributed by atoms with Gasteiger partial charge in [-0.15, -0.1) is 0 Å². The fourth-order valence-electron chi connectivity index (χ4n) is 7.02. The molecule has 3 aromatic carbocycles. The van der Waals surface area contributed by atoms with Crippen LogP contribution in [0.25, 0.3) is 0 Å². The first-order valence-electron chi connectivity index (χ1n) is 14.4. The maximum Gasteiger partial charge on any atom is 0.339 e. The zero-order valence-electron chi connectivity index (χ0n) is 23.8. The lowest BCUT2D eigenvalue weighted by Gasteiger charge is -2.37. The van der Waals surface area contributed by atoms with Crippen LogP contribution in [-0.2, 0) is 19.7 Å². The first-order chi connectivity index (χ1) is 21.4. The molecule has 1 saturated heterocycles. The van der Waals surface area contributed by atoms with Crippen LogP contribution in [0.2, 0.25) is 10.0 Å². The second-order valence-corrected chi connectivity index (χ2v) is 14.3. The molecule has 2 saturated carbocycles. The Labute approximate surface area is 269 Å². The van der Waals surface area contributed by atoms with Crippen molar-refractivity contribution in [3.63, 3.8) is 0 Å². The van der Waals surface area contributed by atoms with Gasteiger partial charge in [-0.25, -0.2) is 5.01 Å². The first-order valence-corrected chi connectivity index (χ1v) is 16.6. The van der Waals surface area contributed by atoms with Crippen LogP contribution in [-0.4, -0.2) is 48.5 Å². The lowest BCUT2D eigenvalue weighted by molar-refractivity contribution is -0.154. The number of aryl methyl sites for hydroxylation is 1. The highest BCUT2D eigenvalue weighted by atomic mass is 35.5. The van der Waals surface area contributed by atoms with Gasteiger partial charge in [0, 0.05) is 10.6 Å². The fourth-order valence-corrected chi connectivity index (χ4v) is 8.44. The number of halogens is 2. The summed E-state index contributed by atoms with van der Waals surface area (Å²) in [5.74, 6) is -3.08. The Hall–Kier alpha value is -3.99. The van der Waals surface area contributed by atoms with E-state index >= 15 is 0 Å². The monoisotopic (exact) mass is 664 g/mol. The van der Waals surface area contributed by atoms with Crippen molar-refractivity contribution in [1.82, 2.24) is 10.0 Å². The third-order valence-corrected chi connectivity index (χ3v) is 11.1. The molecular formula is C33H26Cl2N2O7S. The predicted molar refractivity (Wildman–Crippen MR) is 164 cm³/mol. The number of hydrazine groups is 1. The van der Waals surface area contributed by atoms with Gasteiger partial charge in [-0.2, -0.15) is 13.4 Å². The molecule has 0 unspecified atom stereocenters. The molecule has 1 heterocycles. The Morgan fingerprint density at radius 1 is 0.889 bits per heavy atom. The second-order valence-electron chi connectivity index (χ2n) is 11.9. The maximum absolute atomic E-state index is 13.9. The van der Waals surface area contributed by atoms with Crippen LogP contribution in [0.3, 0.4) is 0 Å². The second kappa shape index (κ2) is 10.8. The molecule has 12 heteroatoms. The predicted octanol–water partition coefficient (Wildman–Crippen LogP) is 5.36. The minimum atomic E-state index is -4.12. The highest BCUT2D eigenvalue weighted by Crippen LogP contribution is 2.65. The number of allylic oxidation sites excluding steroid dienone is 2. The highest BCUT2D eigenvalue weighted by molar-refractivity contribution is 7.87. The van der Waals surface area contributed by atoms with Gasteiger partial charge in [0.05, 0.1) is 22.4 Å². The van der Waals surface area contributed by atoms with Gasteiger partial charge in [-0.05, 0) is 91.6 Å². The summed E-state index contributed by atoms with van der Waals surface area (Å²) in [6, 6.07) is 15.7. The van der Waals surface area contributed by atoms with Crippen molar-refractivity contribution in [1.29, 1.82) is 0 Å². The van der Waals surface area contributed by atoms with E-state index in [1.165, 1.54) is 54.6 Å². The maximum atomic E-state index is 13.9. The van der Waals surface area contributed by atoms with Crippen LogP contribution in [0, 0.1) is 42.4 Å². The molecule has 9 nitrogen and oxygen atoms in total. The molecule has 6 atom stereocenters. The van der Waals surface area contributed by atoms with Gasteiger partial charge in [-0.1, -0.05) is 53.1 Å². The standard InChI is InChI=1S/C33H26Cl2N2O7S/c1-17-2-9-21(10-3-17)45(42,43)44-20-7-4-18(5-8-20)28(38)16-36(31(39)24-11-6-19(34)14-27(24)35)37-32(40)29-22-12-13-23(26-15-25(22)26)30(29)33(37)41/h2-14,22-23,25-26,29-30H,15-16H2,1H3/t22-,23-,25-,26-,29+,30+/m0/s1. The normalized spacial score (nSPS) is 26.0. The molecule has 3 fully saturated rings. The molecule has 0 N–H and O–H groups in total. The summed E-state index contributed by atoms with van der Waals surface area (Å²) in [7, 11) is -4.12. The van der Waals surface area contributed by atoms with Crippen LogP contribution in [0.4, 0.5) is 0 Å². The van der Waals surface area contributed by atoms with E-state index in [4.69, 9.17) is 27.4 Å². The van der Waals surface area contributed by atoms with Crippen molar-refractivity contribution in [2.24, 2.45) is 35.5 Å². The number of rotatable bonds is 8. The molecule has 8 rings (SSSR count). The SMILES string of the molecule is Cc1ccc(S(=O)(=O)Oc2ccc(C(=O)CN(C(=O)c3ccc(Cl)cc3Cl)N3C(=O)[C@@H]4[C@H]5C=C[C@@H]([C@@H]6C[C@@H]56)[C@H]4C3=O)cc2)cc1. The van der Waals surface area contributed by atoms with Crippen LogP contribution in [0.15, 0.2) is 83.8 Å². The smallest absolute Gasteiger partial charge is 0.339 e. The average molecular weight is 666 g/mol. The minimum absolute atomic E-state index is 0.000675. The quantitative estimate of drug-likeness (QED) is 0.138. The van der Waals surface area contributed by atoms with Crippen LogP contribution >= 0.6 is 23.2 Å². The number of imide groups is 1. The Morgan fingerprint density at radius 2 is 1.49 bits per heavy atom. The van der Waals surface area contributed by atoms with Crippen molar-refractivity contribution >= 4 is 56.8 Å². The molecule has 45 heavy (non-hydrogen) atoms. The number of ketones is 1. The molecule has 2 bridgehead atoms. The molecule has 3 aromatic rings. The lowest BCUT2D eigenvalue weighted by atomic mass is 9.63. The number of hydrogen-bond acceptors (Lipinski definition) is 7. The molecule has 0 aromatic heterocycles. The van der Waals surface area contributed by atoms with E-state index in [9.17, 15) is 27.6 Å². The number of benzene rings is 3. The van der Waals surface area contributed by atoms with Crippen molar-refractivity contribution in [2.45, 2.75) is 18.2 Å². The van der Waals surface area contributed by atoms with E-state index in [-0.39, 0.29) is 43.7 Å². The largest absolute Gasteiger partial charge is 0.379 e. The average Bonchev–Trinajstić information content (AvgIpc) is 3.79. The molecule has 3 amide bonds.